The van der Waals surface area contributed by atoms with Gasteiger partial charge in [0, 0.05) is 11.4 Å². The van der Waals surface area contributed by atoms with Gasteiger partial charge in [0.25, 0.3) is 5.56 Å². The molecule has 0 aliphatic rings. The molecule has 8 nitrogen and oxygen atoms in total. The number of hydrogen-bond donors (Lipinski definition) is 3. The van der Waals surface area contributed by atoms with E-state index in [1.54, 1.807) is 14.0 Å². The summed E-state index contributed by atoms with van der Waals surface area (Å²) in [4.78, 5) is 16.7. The monoisotopic (exact) mass is 362 g/mol. The maximum atomic E-state index is 12.4. The molecular formula is C19H18N6O2. The van der Waals surface area contributed by atoms with E-state index in [-0.39, 0.29) is 11.5 Å². The predicted octanol–water partition coefficient (Wildman–Crippen LogP) is 2.56. The van der Waals surface area contributed by atoms with Crippen LogP contribution in [0.4, 0.5) is 11.6 Å². The molecule has 4 aromatic rings. The van der Waals surface area contributed by atoms with Gasteiger partial charge in [0.2, 0.25) is 5.95 Å². The lowest BCUT2D eigenvalue weighted by atomic mass is 10.1. The molecule has 0 amide bonds. The number of hydrogen-bond acceptors (Lipinski definition) is 6. The Bertz CT molecular complexity index is 1160. The van der Waals surface area contributed by atoms with Crippen molar-refractivity contribution < 1.29 is 4.74 Å². The molecule has 0 spiro atoms. The van der Waals surface area contributed by atoms with Crippen LogP contribution in [0.1, 0.15) is 5.69 Å². The Balaban J connectivity index is 1.62. The number of nitrogens with one attached hydrogen (secondary N) is 2. The second-order valence-corrected chi connectivity index (χ2v) is 6.09. The number of rotatable bonds is 4. The molecule has 2 aromatic heterocycles. The highest BCUT2D eigenvalue weighted by Gasteiger charge is 2.13. The van der Waals surface area contributed by atoms with Crippen LogP contribution in [0.15, 0.2) is 53.3 Å². The van der Waals surface area contributed by atoms with Gasteiger partial charge in [-0.15, -0.1) is 0 Å². The van der Waals surface area contributed by atoms with E-state index in [0.29, 0.717) is 16.7 Å². The van der Waals surface area contributed by atoms with Gasteiger partial charge in [-0.3, -0.25) is 9.89 Å². The molecule has 0 radical (unpaired) electrons. The molecule has 0 fully saturated rings. The van der Waals surface area contributed by atoms with Crippen LogP contribution in [0.3, 0.4) is 0 Å². The molecule has 8 heteroatoms. The van der Waals surface area contributed by atoms with Gasteiger partial charge in [0.05, 0.1) is 7.11 Å². The number of anilines is 2. The van der Waals surface area contributed by atoms with Gasteiger partial charge >= 0.3 is 0 Å². The number of ether oxygens (including phenoxy) is 1. The van der Waals surface area contributed by atoms with Crippen molar-refractivity contribution in [1.29, 1.82) is 0 Å². The van der Waals surface area contributed by atoms with Crippen molar-refractivity contribution in [2.45, 2.75) is 6.92 Å². The first-order valence-corrected chi connectivity index (χ1v) is 8.31. The molecule has 2 heterocycles. The second-order valence-electron chi connectivity index (χ2n) is 6.09. The standard InChI is InChI=1S/C19H18N6O2/c1-11-16-17(24-23-11)22-19(25(20)18(16)26)21-14-7-3-12(4-8-14)13-5-9-15(27-2)10-6-13/h3-10H,20H2,1-2H3,(H2,21,22,23,24). The van der Waals surface area contributed by atoms with E-state index in [1.165, 1.54) is 0 Å². The number of fused-ring (bicyclic) bond motifs is 1. The number of H-pyrrole nitrogens is 1. The Morgan fingerprint density at radius 3 is 2.33 bits per heavy atom. The summed E-state index contributed by atoms with van der Waals surface area (Å²) in [6, 6.07) is 15.6. The Labute approximate surface area is 154 Å². The Morgan fingerprint density at radius 1 is 1.07 bits per heavy atom. The third-order valence-corrected chi connectivity index (χ3v) is 4.37. The maximum absolute atomic E-state index is 12.4. The number of nitrogens with two attached hydrogens (primary N) is 1. The fourth-order valence-corrected chi connectivity index (χ4v) is 2.87. The lowest BCUT2D eigenvalue weighted by Crippen LogP contribution is -2.30. The normalized spacial score (nSPS) is 10.9. The summed E-state index contributed by atoms with van der Waals surface area (Å²) in [6.07, 6.45) is 0. The summed E-state index contributed by atoms with van der Waals surface area (Å²) >= 11 is 0. The third-order valence-electron chi connectivity index (χ3n) is 4.37. The summed E-state index contributed by atoms with van der Waals surface area (Å²) in [7, 11) is 1.64. The van der Waals surface area contributed by atoms with Gasteiger partial charge in [-0.1, -0.05) is 24.3 Å². The predicted molar refractivity (Wildman–Crippen MR) is 105 cm³/mol. The molecular weight excluding hydrogens is 344 g/mol. The summed E-state index contributed by atoms with van der Waals surface area (Å²) < 4.78 is 6.17. The summed E-state index contributed by atoms with van der Waals surface area (Å²) in [6.45, 7) is 1.75. The van der Waals surface area contributed by atoms with Gasteiger partial charge in [-0.05, 0) is 42.3 Å². The number of methoxy groups -OCH3 is 1. The maximum Gasteiger partial charge on any atom is 0.284 e. The molecule has 0 saturated heterocycles. The SMILES string of the molecule is COc1ccc(-c2ccc(Nc3nc4n[nH]c(C)c4c(=O)n3N)cc2)cc1. The minimum absolute atomic E-state index is 0.219. The van der Waals surface area contributed by atoms with Crippen LogP contribution in [0.2, 0.25) is 0 Å². The first-order valence-electron chi connectivity index (χ1n) is 8.31. The Kier molecular flexibility index (Phi) is 4.00. The van der Waals surface area contributed by atoms with E-state index >= 15 is 0 Å². The summed E-state index contributed by atoms with van der Waals surface area (Å²) in [5.41, 5.74) is 3.49. The van der Waals surface area contributed by atoms with Crippen molar-refractivity contribution in [1.82, 2.24) is 19.9 Å². The largest absolute Gasteiger partial charge is 0.497 e. The first-order chi connectivity index (χ1) is 13.1. The van der Waals surface area contributed by atoms with E-state index in [2.05, 4.69) is 20.5 Å². The Hall–Kier alpha value is -3.81. The molecule has 0 bridgehead atoms. The van der Waals surface area contributed by atoms with E-state index in [0.717, 1.165) is 27.2 Å². The summed E-state index contributed by atoms with van der Waals surface area (Å²) in [5, 5.41) is 10.2. The van der Waals surface area contributed by atoms with Crippen molar-refractivity contribution in [3.05, 3.63) is 64.6 Å². The molecule has 0 aliphatic carbocycles. The van der Waals surface area contributed by atoms with Crippen molar-refractivity contribution in [2.24, 2.45) is 0 Å². The minimum atomic E-state index is -0.358. The van der Waals surface area contributed by atoms with Crippen molar-refractivity contribution in [3.63, 3.8) is 0 Å². The van der Waals surface area contributed by atoms with Gasteiger partial charge in [0.15, 0.2) is 5.65 Å². The highest BCUT2D eigenvalue weighted by Crippen LogP contribution is 2.24. The van der Waals surface area contributed by atoms with E-state index < -0.39 is 0 Å². The molecule has 0 unspecified atom stereocenters. The van der Waals surface area contributed by atoms with Crippen LogP contribution in [0.5, 0.6) is 5.75 Å². The second kappa shape index (κ2) is 6.49. The van der Waals surface area contributed by atoms with Crippen molar-refractivity contribution in [3.8, 4) is 16.9 Å². The number of aromatic nitrogens is 4. The zero-order valence-electron chi connectivity index (χ0n) is 14.9. The van der Waals surface area contributed by atoms with Gasteiger partial charge in [-0.25, -0.2) is 0 Å². The quantitative estimate of drug-likeness (QED) is 0.481. The molecule has 0 saturated carbocycles. The molecule has 0 atom stereocenters. The average Bonchev–Trinajstić information content (AvgIpc) is 3.07. The van der Waals surface area contributed by atoms with Crippen LogP contribution in [0.25, 0.3) is 22.2 Å². The fraction of sp³-hybridized carbons (Fsp3) is 0.105. The van der Waals surface area contributed by atoms with Crippen LogP contribution in [-0.2, 0) is 0 Å². The smallest absolute Gasteiger partial charge is 0.284 e. The number of nitrogen functional groups attached to an aromatic ring is 1. The Morgan fingerprint density at radius 2 is 1.70 bits per heavy atom. The highest BCUT2D eigenvalue weighted by molar-refractivity contribution is 5.78. The van der Waals surface area contributed by atoms with E-state index in [1.807, 2.05) is 48.5 Å². The molecule has 27 heavy (non-hydrogen) atoms. The first kappa shape index (κ1) is 16.6. The lowest BCUT2D eigenvalue weighted by molar-refractivity contribution is 0.415. The van der Waals surface area contributed by atoms with Crippen LogP contribution >= 0.6 is 0 Å². The van der Waals surface area contributed by atoms with Crippen molar-refractivity contribution in [2.75, 3.05) is 18.3 Å². The van der Waals surface area contributed by atoms with Crippen molar-refractivity contribution >= 4 is 22.7 Å². The topological polar surface area (TPSA) is 111 Å². The fourth-order valence-electron chi connectivity index (χ4n) is 2.87. The van der Waals surface area contributed by atoms with E-state index in [4.69, 9.17) is 10.6 Å². The molecule has 0 aliphatic heterocycles. The average molecular weight is 362 g/mol. The van der Waals surface area contributed by atoms with Gasteiger partial charge in [0.1, 0.15) is 11.1 Å². The number of aromatic amines is 1. The number of nitrogens with zero attached hydrogens (tertiary/aromatic N) is 3. The summed E-state index contributed by atoms with van der Waals surface area (Å²) in [5.74, 6) is 6.93. The lowest BCUT2D eigenvalue weighted by Gasteiger charge is -2.10. The highest BCUT2D eigenvalue weighted by atomic mass is 16.5. The number of benzene rings is 2. The third kappa shape index (κ3) is 2.97. The van der Waals surface area contributed by atoms with Gasteiger partial charge in [-0.2, -0.15) is 14.8 Å². The van der Waals surface area contributed by atoms with Crippen LogP contribution in [0, 0.1) is 6.92 Å². The van der Waals surface area contributed by atoms with Gasteiger partial charge < -0.3 is 15.9 Å². The van der Waals surface area contributed by atoms with Crippen LogP contribution in [-0.4, -0.2) is 27.0 Å². The molecule has 4 N–H and O–H groups in total. The number of aryl methyl sites for hydroxylation is 1. The zero-order chi connectivity index (χ0) is 19.0. The molecule has 4 rings (SSSR count). The van der Waals surface area contributed by atoms with Crippen LogP contribution < -0.4 is 21.5 Å². The van der Waals surface area contributed by atoms with E-state index in [9.17, 15) is 4.79 Å². The molecule has 136 valence electrons. The zero-order valence-corrected chi connectivity index (χ0v) is 14.9. The molecule has 2 aromatic carbocycles. The minimum Gasteiger partial charge on any atom is -0.497 e.